The molecule has 2 rings (SSSR count). The van der Waals surface area contributed by atoms with Crippen LogP contribution in [0.1, 0.15) is 24.1 Å². The van der Waals surface area contributed by atoms with Crippen molar-refractivity contribution in [3.8, 4) is 11.8 Å². The van der Waals surface area contributed by atoms with Gasteiger partial charge in [-0.05, 0) is 24.7 Å². The molecule has 1 aromatic heterocycles. The Morgan fingerprint density at radius 2 is 2.21 bits per heavy atom. The van der Waals surface area contributed by atoms with Crippen LogP contribution in [0, 0.1) is 16.7 Å². The Balaban J connectivity index is 2.02. The van der Waals surface area contributed by atoms with Crippen molar-refractivity contribution in [2.45, 2.75) is 19.3 Å². The van der Waals surface area contributed by atoms with Crippen molar-refractivity contribution >= 4 is 22.0 Å². The third-order valence-electron chi connectivity index (χ3n) is 3.62. The first kappa shape index (κ1) is 14.0. The van der Waals surface area contributed by atoms with E-state index in [0.29, 0.717) is 21.7 Å². The largest absolute Gasteiger partial charge is 0.492 e. The lowest BCUT2D eigenvalue weighted by atomic mass is 10.0. The molecule has 0 saturated heterocycles. The van der Waals surface area contributed by atoms with Crippen LogP contribution >= 0.6 is 11.3 Å². The summed E-state index contributed by atoms with van der Waals surface area (Å²) in [5.41, 5.74) is 6.63. The molecule has 0 amide bonds. The average Bonchev–Trinajstić information content (AvgIpc) is 3.13. The number of nitrogens with two attached hydrogens (primary N) is 1. The zero-order valence-electron chi connectivity index (χ0n) is 11.3. The van der Waals surface area contributed by atoms with Crippen molar-refractivity contribution in [3.63, 3.8) is 0 Å². The van der Waals surface area contributed by atoms with Gasteiger partial charge in [-0.15, -0.1) is 11.3 Å². The number of nitrogen functional groups attached to an aromatic ring is 1. The Kier molecular flexibility index (Phi) is 4.17. The molecule has 0 spiro atoms. The van der Waals surface area contributed by atoms with Crippen LogP contribution in [0.3, 0.4) is 0 Å². The number of nitriles is 1. The van der Waals surface area contributed by atoms with Crippen LogP contribution in [0.15, 0.2) is 0 Å². The van der Waals surface area contributed by atoms with Gasteiger partial charge in [0, 0.05) is 20.3 Å². The second kappa shape index (κ2) is 5.68. The van der Waals surface area contributed by atoms with E-state index in [1.165, 1.54) is 24.2 Å². The maximum atomic E-state index is 8.99. The smallest absolute Gasteiger partial charge is 0.177 e. The molecule has 6 heteroatoms. The first-order chi connectivity index (χ1) is 9.15. The summed E-state index contributed by atoms with van der Waals surface area (Å²) in [4.78, 5) is 0.501. The fourth-order valence-electron chi connectivity index (χ4n) is 2.11. The van der Waals surface area contributed by atoms with E-state index in [4.69, 9.17) is 20.5 Å². The predicted octanol–water partition coefficient (Wildman–Crippen LogP) is 2.44. The highest BCUT2D eigenvalue weighted by atomic mass is 32.1. The van der Waals surface area contributed by atoms with Crippen LogP contribution in [0.5, 0.6) is 5.75 Å². The van der Waals surface area contributed by atoms with Crippen LogP contribution < -0.4 is 15.8 Å². The number of nitrogens with zero attached hydrogens (tertiary/aromatic N) is 1. The lowest BCUT2D eigenvalue weighted by molar-refractivity contribution is 0.175. The molecule has 0 aliphatic heterocycles. The van der Waals surface area contributed by atoms with E-state index in [2.05, 4.69) is 11.4 Å². The Hall–Kier alpha value is -1.45. The molecule has 1 saturated carbocycles. The van der Waals surface area contributed by atoms with Crippen LogP contribution in [-0.4, -0.2) is 27.4 Å². The quantitative estimate of drug-likeness (QED) is 0.802. The van der Waals surface area contributed by atoms with Crippen LogP contribution in [0.4, 0.5) is 10.7 Å². The minimum Gasteiger partial charge on any atom is -0.492 e. The molecule has 0 aromatic carbocycles. The van der Waals surface area contributed by atoms with Gasteiger partial charge in [0.15, 0.2) is 5.75 Å². The van der Waals surface area contributed by atoms with E-state index >= 15 is 0 Å². The topological polar surface area (TPSA) is 80.3 Å². The number of ether oxygens (including phenoxy) is 2. The molecule has 0 atom stereocenters. The summed E-state index contributed by atoms with van der Waals surface area (Å²) in [7, 11) is 3.30. The monoisotopic (exact) mass is 281 g/mol. The van der Waals surface area contributed by atoms with Gasteiger partial charge in [-0.3, -0.25) is 0 Å². The molecule has 19 heavy (non-hydrogen) atoms. The summed E-state index contributed by atoms with van der Waals surface area (Å²) >= 11 is 1.35. The lowest BCUT2D eigenvalue weighted by Gasteiger charge is -2.16. The summed E-state index contributed by atoms with van der Waals surface area (Å²) in [6, 6.07) is 2.09. The maximum Gasteiger partial charge on any atom is 0.177 e. The summed E-state index contributed by atoms with van der Waals surface area (Å²) in [6.07, 6.45) is 3.50. The molecule has 0 unspecified atom stereocenters. The molecule has 1 aliphatic rings. The van der Waals surface area contributed by atoms with Gasteiger partial charge in [0.1, 0.15) is 21.6 Å². The van der Waals surface area contributed by atoms with E-state index in [1.54, 1.807) is 14.2 Å². The lowest BCUT2D eigenvalue weighted by Crippen LogP contribution is -2.17. The maximum absolute atomic E-state index is 8.99. The van der Waals surface area contributed by atoms with Gasteiger partial charge in [0.2, 0.25) is 0 Å². The zero-order valence-corrected chi connectivity index (χ0v) is 12.1. The predicted molar refractivity (Wildman–Crippen MR) is 76.6 cm³/mol. The molecule has 1 heterocycles. The van der Waals surface area contributed by atoms with Crippen LogP contribution in [-0.2, 0) is 4.74 Å². The number of thiophene rings is 1. The van der Waals surface area contributed by atoms with Crippen molar-refractivity contribution in [2.24, 2.45) is 5.41 Å². The molecule has 3 N–H and O–H groups in total. The highest BCUT2D eigenvalue weighted by Crippen LogP contribution is 2.50. The Morgan fingerprint density at radius 1 is 1.47 bits per heavy atom. The Morgan fingerprint density at radius 3 is 2.74 bits per heavy atom. The van der Waals surface area contributed by atoms with E-state index in [0.717, 1.165) is 24.6 Å². The highest BCUT2D eigenvalue weighted by molar-refractivity contribution is 7.17. The van der Waals surface area contributed by atoms with Crippen molar-refractivity contribution in [1.29, 1.82) is 5.26 Å². The first-order valence-electron chi connectivity index (χ1n) is 6.25. The van der Waals surface area contributed by atoms with Crippen LogP contribution in [0.25, 0.3) is 0 Å². The molecule has 0 bridgehead atoms. The number of rotatable bonds is 7. The summed E-state index contributed by atoms with van der Waals surface area (Å²) in [5.74, 6) is 0.587. The van der Waals surface area contributed by atoms with Crippen molar-refractivity contribution in [1.82, 2.24) is 0 Å². The minimum absolute atomic E-state index is 0.340. The summed E-state index contributed by atoms with van der Waals surface area (Å²) in [6.45, 7) is 1.66. The molecule has 0 radical (unpaired) electrons. The molecule has 5 nitrogen and oxygen atoms in total. The fraction of sp³-hybridized carbons (Fsp3) is 0.615. The van der Waals surface area contributed by atoms with E-state index < -0.39 is 0 Å². The molecular formula is C13H19N3O2S. The first-order valence-corrected chi connectivity index (χ1v) is 7.06. The van der Waals surface area contributed by atoms with Gasteiger partial charge in [-0.1, -0.05) is 0 Å². The number of anilines is 2. The molecule has 104 valence electrons. The van der Waals surface area contributed by atoms with E-state index in [-0.39, 0.29) is 0 Å². The van der Waals surface area contributed by atoms with Gasteiger partial charge in [0.05, 0.1) is 7.11 Å². The number of nitrogens with one attached hydrogen (secondary N) is 1. The van der Waals surface area contributed by atoms with Gasteiger partial charge in [-0.25, -0.2) is 0 Å². The number of methoxy groups -OCH3 is 2. The normalized spacial score (nSPS) is 15.8. The second-order valence-electron chi connectivity index (χ2n) is 4.92. The number of hydrogen-bond acceptors (Lipinski definition) is 6. The molecule has 1 aliphatic carbocycles. The van der Waals surface area contributed by atoms with Crippen molar-refractivity contribution < 1.29 is 9.47 Å². The molecule has 1 aromatic rings. The Labute approximate surface area is 117 Å². The van der Waals surface area contributed by atoms with Gasteiger partial charge in [0.25, 0.3) is 0 Å². The minimum atomic E-state index is 0.340. The van der Waals surface area contributed by atoms with Gasteiger partial charge < -0.3 is 20.5 Å². The SMILES string of the molecule is COCCC1(CNc2sc(C#N)c(N)c2OC)CC1. The zero-order chi connectivity index (χ0) is 13.9. The van der Waals surface area contributed by atoms with E-state index in [9.17, 15) is 0 Å². The summed E-state index contributed by atoms with van der Waals surface area (Å²) < 4.78 is 10.4. The summed E-state index contributed by atoms with van der Waals surface area (Å²) in [5, 5.41) is 13.2. The average molecular weight is 281 g/mol. The Bertz CT molecular complexity index is 489. The van der Waals surface area contributed by atoms with Gasteiger partial charge >= 0.3 is 0 Å². The van der Waals surface area contributed by atoms with Crippen molar-refractivity contribution in [3.05, 3.63) is 4.88 Å². The van der Waals surface area contributed by atoms with Crippen LogP contribution in [0.2, 0.25) is 0 Å². The second-order valence-corrected chi connectivity index (χ2v) is 5.94. The fourth-order valence-corrected chi connectivity index (χ4v) is 2.99. The van der Waals surface area contributed by atoms with Crippen molar-refractivity contribution in [2.75, 3.05) is 38.4 Å². The molecular weight excluding hydrogens is 262 g/mol. The number of hydrogen-bond donors (Lipinski definition) is 2. The third kappa shape index (κ3) is 2.94. The third-order valence-corrected chi connectivity index (χ3v) is 4.67. The van der Waals surface area contributed by atoms with Gasteiger partial charge in [-0.2, -0.15) is 5.26 Å². The highest BCUT2D eigenvalue weighted by Gasteiger charge is 2.42. The standard InChI is InChI=1S/C13H19N3O2S/c1-17-6-5-13(3-4-13)8-16-12-11(18-2)10(15)9(7-14)19-12/h16H,3-6,8,15H2,1-2H3. The molecule has 1 fully saturated rings. The van der Waals surface area contributed by atoms with E-state index in [1.807, 2.05) is 0 Å².